The monoisotopic (exact) mass is 395 g/mol. The molecule has 0 aliphatic heterocycles. The Balaban J connectivity index is 1.64. The van der Waals surface area contributed by atoms with E-state index in [-0.39, 0.29) is 17.3 Å². The van der Waals surface area contributed by atoms with E-state index in [9.17, 15) is 13.2 Å². The van der Waals surface area contributed by atoms with E-state index in [1.807, 2.05) is 0 Å². The SMILES string of the molecule is N#CCc1ccc(NC(=O)c2ccc(S(=O)(=O)NCc3ccco3)cc2)cc1. The first-order chi connectivity index (χ1) is 13.5. The summed E-state index contributed by atoms with van der Waals surface area (Å²) in [6, 6.07) is 18.0. The highest BCUT2D eigenvalue weighted by Crippen LogP contribution is 2.15. The van der Waals surface area contributed by atoms with Crippen LogP contribution in [0.4, 0.5) is 5.69 Å². The Bertz CT molecular complexity index is 1080. The normalized spacial score (nSPS) is 11.0. The average Bonchev–Trinajstić information content (AvgIpc) is 3.22. The van der Waals surface area contributed by atoms with E-state index in [0.29, 0.717) is 23.4 Å². The van der Waals surface area contributed by atoms with Crippen molar-refractivity contribution >= 4 is 21.6 Å². The highest BCUT2D eigenvalue weighted by atomic mass is 32.2. The first-order valence-electron chi connectivity index (χ1n) is 8.37. The Kier molecular flexibility index (Phi) is 5.89. The van der Waals surface area contributed by atoms with Crippen LogP contribution >= 0.6 is 0 Å². The lowest BCUT2D eigenvalue weighted by molar-refractivity contribution is 0.102. The summed E-state index contributed by atoms with van der Waals surface area (Å²) in [6.45, 7) is 0.0410. The number of rotatable bonds is 7. The minimum absolute atomic E-state index is 0.0410. The Labute approximate surface area is 162 Å². The van der Waals surface area contributed by atoms with Crippen molar-refractivity contribution in [2.24, 2.45) is 0 Å². The van der Waals surface area contributed by atoms with Crippen molar-refractivity contribution in [3.8, 4) is 6.07 Å². The van der Waals surface area contributed by atoms with Crippen LogP contribution in [0, 0.1) is 11.3 Å². The largest absolute Gasteiger partial charge is 0.468 e. The number of furan rings is 1. The zero-order valence-electron chi connectivity index (χ0n) is 14.8. The number of nitrogens with zero attached hydrogens (tertiary/aromatic N) is 1. The molecular formula is C20H17N3O4S. The summed E-state index contributed by atoms with van der Waals surface area (Å²) in [5, 5.41) is 11.4. The molecule has 1 aromatic heterocycles. The molecule has 0 unspecified atom stereocenters. The Morgan fingerprint density at radius 1 is 1.04 bits per heavy atom. The van der Waals surface area contributed by atoms with Gasteiger partial charge in [-0.15, -0.1) is 0 Å². The second-order valence-electron chi connectivity index (χ2n) is 5.91. The summed E-state index contributed by atoms with van der Waals surface area (Å²) >= 11 is 0. The number of hydrogen-bond donors (Lipinski definition) is 2. The Morgan fingerprint density at radius 2 is 1.75 bits per heavy atom. The van der Waals surface area contributed by atoms with Crippen molar-refractivity contribution in [1.82, 2.24) is 4.72 Å². The van der Waals surface area contributed by atoms with Crippen molar-refractivity contribution in [2.45, 2.75) is 17.9 Å². The summed E-state index contributed by atoms with van der Waals surface area (Å²) < 4.78 is 32.2. The molecule has 0 saturated heterocycles. The fourth-order valence-electron chi connectivity index (χ4n) is 2.45. The molecule has 8 heteroatoms. The molecule has 0 radical (unpaired) electrons. The van der Waals surface area contributed by atoms with Gasteiger partial charge in [-0.2, -0.15) is 5.26 Å². The van der Waals surface area contributed by atoms with Gasteiger partial charge in [0, 0.05) is 11.3 Å². The van der Waals surface area contributed by atoms with Crippen LogP contribution in [0.1, 0.15) is 21.7 Å². The van der Waals surface area contributed by atoms with Crippen LogP contribution in [0.25, 0.3) is 0 Å². The molecule has 0 aliphatic rings. The number of amides is 1. The third-order valence-corrected chi connectivity index (χ3v) is 5.36. The lowest BCUT2D eigenvalue weighted by atomic mass is 10.1. The average molecular weight is 395 g/mol. The third-order valence-electron chi connectivity index (χ3n) is 3.94. The molecule has 3 rings (SSSR count). The highest BCUT2D eigenvalue weighted by Gasteiger charge is 2.15. The van der Waals surface area contributed by atoms with E-state index >= 15 is 0 Å². The van der Waals surface area contributed by atoms with Crippen LogP contribution in [-0.4, -0.2) is 14.3 Å². The molecule has 0 bridgehead atoms. The van der Waals surface area contributed by atoms with Crippen molar-refractivity contribution in [1.29, 1.82) is 5.26 Å². The zero-order valence-corrected chi connectivity index (χ0v) is 15.6. The van der Waals surface area contributed by atoms with Crippen molar-refractivity contribution in [3.63, 3.8) is 0 Å². The topological polar surface area (TPSA) is 112 Å². The quantitative estimate of drug-likeness (QED) is 0.638. The minimum atomic E-state index is -3.72. The lowest BCUT2D eigenvalue weighted by Gasteiger charge is -2.08. The second-order valence-corrected chi connectivity index (χ2v) is 7.68. The lowest BCUT2D eigenvalue weighted by Crippen LogP contribution is -2.23. The standard InChI is InChI=1S/C20H17N3O4S/c21-12-11-15-3-7-17(8-4-15)23-20(24)16-5-9-19(10-6-16)28(25,26)22-14-18-2-1-13-27-18/h1-10,13,22H,11,14H2,(H,23,24). The van der Waals surface area contributed by atoms with Crippen LogP contribution in [0.5, 0.6) is 0 Å². The van der Waals surface area contributed by atoms with Crippen LogP contribution < -0.4 is 10.0 Å². The van der Waals surface area contributed by atoms with E-state index in [4.69, 9.17) is 9.68 Å². The summed E-state index contributed by atoms with van der Waals surface area (Å²) in [5.74, 6) is 0.140. The predicted molar refractivity (Wildman–Crippen MR) is 103 cm³/mol. The van der Waals surface area contributed by atoms with Gasteiger partial charge in [0.05, 0.1) is 30.2 Å². The van der Waals surface area contributed by atoms with E-state index < -0.39 is 10.0 Å². The van der Waals surface area contributed by atoms with Gasteiger partial charge in [0.25, 0.3) is 5.91 Å². The highest BCUT2D eigenvalue weighted by molar-refractivity contribution is 7.89. The van der Waals surface area contributed by atoms with Crippen LogP contribution in [-0.2, 0) is 23.0 Å². The molecule has 0 atom stereocenters. The van der Waals surface area contributed by atoms with Crippen LogP contribution in [0.2, 0.25) is 0 Å². The van der Waals surface area contributed by atoms with Gasteiger partial charge in [0.1, 0.15) is 5.76 Å². The molecule has 0 aliphatic carbocycles. The van der Waals surface area contributed by atoms with E-state index in [1.165, 1.54) is 30.5 Å². The van der Waals surface area contributed by atoms with Crippen molar-refractivity contribution < 1.29 is 17.6 Å². The zero-order chi connectivity index (χ0) is 20.0. The first-order valence-corrected chi connectivity index (χ1v) is 9.85. The molecule has 7 nitrogen and oxygen atoms in total. The molecule has 142 valence electrons. The van der Waals surface area contributed by atoms with Gasteiger partial charge in [-0.3, -0.25) is 4.79 Å². The maximum atomic E-state index is 12.3. The first kappa shape index (κ1) is 19.4. The Hall–Kier alpha value is -3.41. The maximum Gasteiger partial charge on any atom is 0.255 e. The van der Waals surface area contributed by atoms with E-state index in [0.717, 1.165) is 5.56 Å². The number of nitrogens with one attached hydrogen (secondary N) is 2. The number of sulfonamides is 1. The molecule has 1 heterocycles. The molecule has 2 aromatic carbocycles. The predicted octanol–water partition coefficient (Wildman–Crippen LogP) is 3.08. The number of carbonyl (C=O) groups is 1. The van der Waals surface area contributed by atoms with Gasteiger partial charge >= 0.3 is 0 Å². The van der Waals surface area contributed by atoms with Gasteiger partial charge in [-0.1, -0.05) is 12.1 Å². The van der Waals surface area contributed by atoms with Crippen LogP contribution in [0.3, 0.4) is 0 Å². The maximum absolute atomic E-state index is 12.3. The van der Waals surface area contributed by atoms with Crippen LogP contribution in [0.15, 0.2) is 76.2 Å². The molecule has 0 spiro atoms. The number of benzene rings is 2. The van der Waals surface area contributed by atoms with Gasteiger partial charge in [-0.25, -0.2) is 13.1 Å². The van der Waals surface area contributed by atoms with Crippen molar-refractivity contribution in [2.75, 3.05) is 5.32 Å². The number of anilines is 1. The smallest absolute Gasteiger partial charge is 0.255 e. The fourth-order valence-corrected chi connectivity index (χ4v) is 3.44. The minimum Gasteiger partial charge on any atom is -0.468 e. The molecule has 28 heavy (non-hydrogen) atoms. The Morgan fingerprint density at radius 3 is 2.36 bits per heavy atom. The number of carbonyl (C=O) groups excluding carboxylic acids is 1. The van der Waals surface area contributed by atoms with Gasteiger partial charge in [-0.05, 0) is 54.1 Å². The summed E-state index contributed by atoms with van der Waals surface area (Å²) in [6.07, 6.45) is 1.77. The second kappa shape index (κ2) is 8.52. The van der Waals surface area contributed by atoms with E-state index in [2.05, 4.69) is 16.1 Å². The van der Waals surface area contributed by atoms with Gasteiger partial charge in [0.2, 0.25) is 10.0 Å². The van der Waals surface area contributed by atoms with Crippen molar-refractivity contribution in [3.05, 3.63) is 83.8 Å². The molecular weight excluding hydrogens is 378 g/mol. The fraction of sp³-hybridized carbons (Fsp3) is 0.100. The van der Waals surface area contributed by atoms with Gasteiger partial charge in [0.15, 0.2) is 0 Å². The number of nitriles is 1. The molecule has 0 saturated carbocycles. The molecule has 2 N–H and O–H groups in total. The number of hydrogen-bond acceptors (Lipinski definition) is 5. The molecule has 3 aromatic rings. The molecule has 1 amide bonds. The third kappa shape index (κ3) is 4.85. The van der Waals surface area contributed by atoms with Gasteiger partial charge < -0.3 is 9.73 Å². The summed E-state index contributed by atoms with van der Waals surface area (Å²) in [7, 11) is -3.72. The molecule has 0 fully saturated rings. The van der Waals surface area contributed by atoms with E-state index in [1.54, 1.807) is 36.4 Å². The summed E-state index contributed by atoms with van der Waals surface area (Å²) in [5.41, 5.74) is 1.77. The summed E-state index contributed by atoms with van der Waals surface area (Å²) in [4.78, 5) is 12.4.